The van der Waals surface area contributed by atoms with Crippen molar-refractivity contribution >= 4 is 28.4 Å². The number of hydrogen-bond donors (Lipinski definition) is 1. The molecule has 0 aliphatic heterocycles. The second-order valence-corrected chi connectivity index (χ2v) is 5.44. The van der Waals surface area contributed by atoms with Crippen molar-refractivity contribution in [1.82, 2.24) is 4.57 Å². The third-order valence-corrected chi connectivity index (χ3v) is 3.72. The molecule has 8 nitrogen and oxygen atoms in total. The van der Waals surface area contributed by atoms with Gasteiger partial charge in [0.1, 0.15) is 0 Å². The molecule has 0 aliphatic rings. The Kier molecular flexibility index (Phi) is 4.60. The fraction of sp³-hybridized carbons (Fsp3) is 0.176. The van der Waals surface area contributed by atoms with E-state index in [1.807, 2.05) is 6.07 Å². The van der Waals surface area contributed by atoms with Gasteiger partial charge < -0.3 is 9.73 Å². The number of nitro benzene ring substituents is 1. The predicted octanol–water partition coefficient (Wildman–Crippen LogP) is 2.92. The molecule has 2 aromatic carbocycles. The molecule has 3 aromatic rings. The number of nitrogens with one attached hydrogen (secondary N) is 1. The molecule has 0 unspecified atom stereocenters. The Morgan fingerprint density at radius 3 is 2.60 bits per heavy atom. The van der Waals surface area contributed by atoms with Crippen LogP contribution in [0.15, 0.2) is 57.7 Å². The van der Waals surface area contributed by atoms with Gasteiger partial charge in [-0.3, -0.25) is 19.5 Å². The maximum absolute atomic E-state index is 12.0. The summed E-state index contributed by atoms with van der Waals surface area (Å²) in [5.74, 6) is -0.674. The molecule has 1 heterocycles. The third kappa shape index (κ3) is 3.74. The van der Waals surface area contributed by atoms with Crippen molar-refractivity contribution in [3.8, 4) is 0 Å². The summed E-state index contributed by atoms with van der Waals surface area (Å²) < 4.78 is 6.63. The van der Waals surface area contributed by atoms with E-state index in [-0.39, 0.29) is 18.0 Å². The minimum Gasteiger partial charge on any atom is -0.408 e. The minimum absolute atomic E-state index is 0.0378. The number of hydrogen-bond acceptors (Lipinski definition) is 5. The van der Waals surface area contributed by atoms with Crippen LogP contribution in [-0.4, -0.2) is 15.4 Å². The maximum Gasteiger partial charge on any atom is 0.419 e. The molecule has 0 radical (unpaired) electrons. The van der Waals surface area contributed by atoms with Crippen molar-refractivity contribution in [2.24, 2.45) is 0 Å². The molecule has 0 spiro atoms. The average molecular weight is 341 g/mol. The molecule has 0 atom stereocenters. The first kappa shape index (κ1) is 16.4. The van der Waals surface area contributed by atoms with Gasteiger partial charge in [0.05, 0.1) is 10.4 Å². The Hall–Kier alpha value is -3.42. The second-order valence-electron chi connectivity index (χ2n) is 5.44. The molecular formula is C17H15N3O5. The third-order valence-electron chi connectivity index (χ3n) is 3.72. The molecule has 0 bridgehead atoms. The Bertz CT molecular complexity index is 972. The Morgan fingerprint density at radius 2 is 1.88 bits per heavy atom. The Balaban J connectivity index is 1.56. The molecular weight excluding hydrogens is 326 g/mol. The van der Waals surface area contributed by atoms with Gasteiger partial charge in [0.25, 0.3) is 5.69 Å². The number of oxazole rings is 1. The second kappa shape index (κ2) is 7.00. The van der Waals surface area contributed by atoms with Gasteiger partial charge in [-0.1, -0.05) is 12.1 Å². The van der Waals surface area contributed by atoms with Crippen LogP contribution in [0, 0.1) is 10.1 Å². The highest BCUT2D eigenvalue weighted by atomic mass is 16.6. The van der Waals surface area contributed by atoms with Crippen LogP contribution in [0.5, 0.6) is 0 Å². The molecule has 0 saturated carbocycles. The lowest BCUT2D eigenvalue weighted by Crippen LogP contribution is -2.17. The van der Waals surface area contributed by atoms with Crippen LogP contribution in [0.1, 0.15) is 12.8 Å². The molecule has 1 aromatic heterocycles. The number of nitro groups is 1. The zero-order chi connectivity index (χ0) is 17.8. The molecule has 1 N–H and O–H groups in total. The number of aryl methyl sites for hydroxylation is 1. The summed E-state index contributed by atoms with van der Waals surface area (Å²) in [5, 5.41) is 13.3. The van der Waals surface area contributed by atoms with Crippen LogP contribution < -0.4 is 11.1 Å². The largest absolute Gasteiger partial charge is 0.419 e. The number of carbonyl (C=O) groups is 1. The number of nitrogens with zero attached hydrogens (tertiary/aromatic N) is 2. The molecule has 0 fully saturated rings. The van der Waals surface area contributed by atoms with Gasteiger partial charge >= 0.3 is 5.76 Å². The summed E-state index contributed by atoms with van der Waals surface area (Å²) in [6.07, 6.45) is 0.672. The van der Waals surface area contributed by atoms with Crippen LogP contribution in [0.4, 0.5) is 11.4 Å². The summed E-state index contributed by atoms with van der Waals surface area (Å²) in [5.41, 5.74) is 1.66. The number of fused-ring (bicyclic) bond motifs is 1. The van der Waals surface area contributed by atoms with E-state index in [1.54, 1.807) is 18.2 Å². The van der Waals surface area contributed by atoms with Crippen LogP contribution in [0.25, 0.3) is 11.1 Å². The zero-order valence-electron chi connectivity index (χ0n) is 13.2. The molecule has 8 heteroatoms. The Labute approximate surface area is 141 Å². The normalized spacial score (nSPS) is 10.7. The standard InChI is InChI=1S/C17H15N3O5/c21-16(18-12-7-9-13(10-8-12)20(23)24)6-3-11-19-14-4-1-2-5-15(14)25-17(19)22/h1-2,4-5,7-10H,3,6,11H2,(H,18,21). The van der Waals surface area contributed by atoms with Crippen molar-refractivity contribution in [1.29, 1.82) is 0 Å². The molecule has 0 saturated heterocycles. The molecule has 25 heavy (non-hydrogen) atoms. The lowest BCUT2D eigenvalue weighted by atomic mass is 10.2. The highest BCUT2D eigenvalue weighted by Gasteiger charge is 2.10. The van der Waals surface area contributed by atoms with E-state index in [2.05, 4.69) is 5.32 Å². The van der Waals surface area contributed by atoms with E-state index in [1.165, 1.54) is 28.8 Å². The van der Waals surface area contributed by atoms with Gasteiger partial charge in [0.2, 0.25) is 5.91 Å². The topological polar surface area (TPSA) is 107 Å². The number of non-ortho nitro benzene ring substituents is 1. The molecule has 3 rings (SSSR count). The number of benzene rings is 2. The average Bonchev–Trinajstić information content (AvgIpc) is 2.91. The zero-order valence-corrected chi connectivity index (χ0v) is 13.2. The van der Waals surface area contributed by atoms with E-state index >= 15 is 0 Å². The van der Waals surface area contributed by atoms with Crippen molar-refractivity contribution < 1.29 is 14.1 Å². The van der Waals surface area contributed by atoms with Crippen molar-refractivity contribution in [2.75, 3.05) is 5.32 Å². The first-order valence-electron chi connectivity index (χ1n) is 7.67. The van der Waals surface area contributed by atoms with Crippen molar-refractivity contribution in [2.45, 2.75) is 19.4 Å². The number of amides is 1. The first-order valence-corrected chi connectivity index (χ1v) is 7.67. The van der Waals surface area contributed by atoms with Crippen LogP contribution in [-0.2, 0) is 11.3 Å². The minimum atomic E-state index is -0.501. The lowest BCUT2D eigenvalue weighted by Gasteiger charge is -2.05. The number of rotatable bonds is 6. The van der Waals surface area contributed by atoms with E-state index in [9.17, 15) is 19.7 Å². The summed E-state index contributed by atoms with van der Waals surface area (Å²) in [4.78, 5) is 33.9. The van der Waals surface area contributed by atoms with Crippen LogP contribution in [0.2, 0.25) is 0 Å². The van der Waals surface area contributed by atoms with E-state index < -0.39 is 10.7 Å². The quantitative estimate of drug-likeness (QED) is 0.548. The van der Waals surface area contributed by atoms with Gasteiger partial charge in [-0.15, -0.1) is 0 Å². The van der Waals surface area contributed by atoms with E-state index in [4.69, 9.17) is 4.42 Å². The predicted molar refractivity (Wildman–Crippen MR) is 91.4 cm³/mol. The summed E-state index contributed by atoms with van der Waals surface area (Å²) >= 11 is 0. The summed E-state index contributed by atoms with van der Waals surface area (Å²) in [6.45, 7) is 0.365. The number of para-hydroxylation sites is 2. The van der Waals surface area contributed by atoms with Crippen molar-refractivity contribution in [3.63, 3.8) is 0 Å². The van der Waals surface area contributed by atoms with Crippen molar-refractivity contribution in [3.05, 3.63) is 69.2 Å². The number of anilines is 1. The van der Waals surface area contributed by atoms with E-state index in [0.717, 1.165) is 0 Å². The fourth-order valence-electron chi connectivity index (χ4n) is 2.51. The fourth-order valence-corrected chi connectivity index (χ4v) is 2.51. The molecule has 128 valence electrons. The maximum atomic E-state index is 12.0. The van der Waals surface area contributed by atoms with Gasteiger partial charge in [-0.05, 0) is 30.7 Å². The number of carbonyl (C=O) groups excluding carboxylic acids is 1. The first-order chi connectivity index (χ1) is 12.0. The smallest absolute Gasteiger partial charge is 0.408 e. The number of aromatic nitrogens is 1. The summed E-state index contributed by atoms with van der Waals surface area (Å²) in [6, 6.07) is 12.7. The summed E-state index contributed by atoms with van der Waals surface area (Å²) in [7, 11) is 0. The van der Waals surface area contributed by atoms with E-state index in [0.29, 0.717) is 29.8 Å². The Morgan fingerprint density at radius 1 is 1.16 bits per heavy atom. The van der Waals surface area contributed by atoms with Crippen LogP contribution >= 0.6 is 0 Å². The van der Waals surface area contributed by atoms with Gasteiger partial charge in [-0.25, -0.2) is 4.79 Å². The van der Waals surface area contributed by atoms with Gasteiger partial charge in [0.15, 0.2) is 5.58 Å². The molecule has 1 amide bonds. The highest BCUT2D eigenvalue weighted by molar-refractivity contribution is 5.90. The molecule has 0 aliphatic carbocycles. The lowest BCUT2D eigenvalue weighted by molar-refractivity contribution is -0.384. The monoisotopic (exact) mass is 341 g/mol. The SMILES string of the molecule is O=C(CCCn1c(=O)oc2ccccc21)Nc1ccc([N+](=O)[O-])cc1. The van der Waals surface area contributed by atoms with Gasteiger partial charge in [-0.2, -0.15) is 0 Å². The van der Waals surface area contributed by atoms with Gasteiger partial charge in [0, 0.05) is 30.8 Å². The highest BCUT2D eigenvalue weighted by Crippen LogP contribution is 2.16. The van der Waals surface area contributed by atoms with Crippen LogP contribution in [0.3, 0.4) is 0 Å².